The molecule has 1 unspecified atom stereocenters. The molecule has 2 N–H and O–H groups in total. The van der Waals surface area contributed by atoms with Crippen molar-refractivity contribution in [1.82, 2.24) is 15.5 Å². The second-order valence-electron chi connectivity index (χ2n) is 4.91. The van der Waals surface area contributed by atoms with Crippen LogP contribution in [0.2, 0.25) is 0 Å². The van der Waals surface area contributed by atoms with Crippen molar-refractivity contribution in [3.05, 3.63) is 47.8 Å². The van der Waals surface area contributed by atoms with Gasteiger partial charge < -0.3 is 15.4 Å². The summed E-state index contributed by atoms with van der Waals surface area (Å²) >= 11 is 0. The Kier molecular flexibility index (Phi) is 3.79. The van der Waals surface area contributed by atoms with Crippen molar-refractivity contribution in [1.29, 1.82) is 0 Å². The van der Waals surface area contributed by atoms with Crippen molar-refractivity contribution in [3.8, 4) is 5.75 Å². The second-order valence-corrected chi connectivity index (χ2v) is 4.91. The number of amides is 1. The topological polar surface area (TPSA) is 76.1 Å². The zero-order valence-electron chi connectivity index (χ0n) is 11.7. The molecule has 0 saturated heterocycles. The third kappa shape index (κ3) is 3.17. The molecule has 1 aliphatic heterocycles. The van der Waals surface area contributed by atoms with Gasteiger partial charge in [-0.15, -0.1) is 0 Å². The lowest BCUT2D eigenvalue weighted by Gasteiger charge is -2.20. The number of fused-ring (bicyclic) bond motifs is 1. The minimum atomic E-state index is -0.125. The fourth-order valence-electron chi connectivity index (χ4n) is 2.17. The highest BCUT2D eigenvalue weighted by Crippen LogP contribution is 2.30. The van der Waals surface area contributed by atoms with Gasteiger partial charge in [0, 0.05) is 18.8 Å². The van der Waals surface area contributed by atoms with Crippen molar-refractivity contribution in [2.24, 2.45) is 0 Å². The summed E-state index contributed by atoms with van der Waals surface area (Å²) in [6, 6.07) is 9.71. The predicted octanol–water partition coefficient (Wildman–Crippen LogP) is 1.66. The molecule has 0 radical (unpaired) electrons. The van der Waals surface area contributed by atoms with Crippen molar-refractivity contribution < 1.29 is 9.53 Å². The molecule has 1 atom stereocenters. The van der Waals surface area contributed by atoms with Crippen molar-refractivity contribution in [2.45, 2.75) is 19.5 Å². The van der Waals surface area contributed by atoms with Gasteiger partial charge in [-0.1, -0.05) is 6.07 Å². The Balaban J connectivity index is 1.69. The first kappa shape index (κ1) is 13.5. The number of anilines is 1. The average molecular weight is 284 g/mol. The molecule has 1 aliphatic rings. The van der Waals surface area contributed by atoms with Crippen LogP contribution in [0.5, 0.6) is 5.75 Å². The first-order valence-electron chi connectivity index (χ1n) is 6.79. The quantitative estimate of drug-likeness (QED) is 0.893. The summed E-state index contributed by atoms with van der Waals surface area (Å²) in [5.74, 6) is 0.583. The van der Waals surface area contributed by atoms with E-state index in [2.05, 4.69) is 27.8 Å². The number of benzene rings is 1. The van der Waals surface area contributed by atoms with Crippen LogP contribution in [0.25, 0.3) is 0 Å². The van der Waals surface area contributed by atoms with E-state index in [-0.39, 0.29) is 18.6 Å². The van der Waals surface area contributed by atoms with Crippen LogP contribution < -0.4 is 15.4 Å². The number of hydrogen-bond acceptors (Lipinski definition) is 5. The van der Waals surface area contributed by atoms with Crippen molar-refractivity contribution in [2.75, 3.05) is 11.9 Å². The number of aromatic nitrogens is 2. The van der Waals surface area contributed by atoms with Gasteiger partial charge >= 0.3 is 0 Å². The number of carbonyl (C=O) groups is 1. The standard InChI is InChI=1S/C15H16N4O2/c1-10(16-8-12-3-2-6-17-19-12)11-4-5-14-13(7-11)18-15(20)9-21-14/h2-7,10,16H,8-9H2,1H3,(H,18,20). The Morgan fingerprint density at radius 2 is 2.33 bits per heavy atom. The van der Waals surface area contributed by atoms with Gasteiger partial charge in [0.1, 0.15) is 5.75 Å². The van der Waals surface area contributed by atoms with Gasteiger partial charge in [0.15, 0.2) is 6.61 Å². The molecule has 2 aromatic rings. The Bertz CT molecular complexity index is 645. The molecule has 6 nitrogen and oxygen atoms in total. The van der Waals surface area contributed by atoms with E-state index in [9.17, 15) is 4.79 Å². The van der Waals surface area contributed by atoms with Crippen LogP contribution in [0, 0.1) is 0 Å². The van der Waals surface area contributed by atoms with Gasteiger partial charge in [0.05, 0.1) is 11.4 Å². The highest BCUT2D eigenvalue weighted by atomic mass is 16.5. The third-order valence-electron chi connectivity index (χ3n) is 3.35. The van der Waals surface area contributed by atoms with Crippen LogP contribution >= 0.6 is 0 Å². The first-order valence-corrected chi connectivity index (χ1v) is 6.79. The van der Waals surface area contributed by atoms with E-state index in [1.165, 1.54) is 0 Å². The highest BCUT2D eigenvalue weighted by molar-refractivity contribution is 5.95. The van der Waals surface area contributed by atoms with E-state index in [0.29, 0.717) is 12.3 Å². The summed E-state index contributed by atoms with van der Waals surface area (Å²) in [7, 11) is 0. The summed E-state index contributed by atoms with van der Waals surface area (Å²) in [5, 5.41) is 14.1. The van der Waals surface area contributed by atoms with Crippen LogP contribution in [-0.4, -0.2) is 22.7 Å². The van der Waals surface area contributed by atoms with Crippen molar-refractivity contribution >= 4 is 11.6 Å². The number of rotatable bonds is 4. The number of ether oxygens (including phenoxy) is 1. The molecule has 6 heteroatoms. The lowest BCUT2D eigenvalue weighted by molar-refractivity contribution is -0.118. The molecular formula is C15H16N4O2. The molecule has 0 spiro atoms. The van der Waals surface area contributed by atoms with E-state index < -0.39 is 0 Å². The van der Waals surface area contributed by atoms with Gasteiger partial charge in [0.2, 0.25) is 0 Å². The smallest absolute Gasteiger partial charge is 0.262 e. The van der Waals surface area contributed by atoms with Crippen LogP contribution in [-0.2, 0) is 11.3 Å². The lowest BCUT2D eigenvalue weighted by atomic mass is 10.1. The van der Waals surface area contributed by atoms with Crippen molar-refractivity contribution in [3.63, 3.8) is 0 Å². The largest absolute Gasteiger partial charge is 0.482 e. The van der Waals surface area contributed by atoms with E-state index in [0.717, 1.165) is 16.9 Å². The monoisotopic (exact) mass is 284 g/mol. The summed E-state index contributed by atoms with van der Waals surface area (Å²) in [4.78, 5) is 11.4. The summed E-state index contributed by atoms with van der Waals surface area (Å²) in [6.45, 7) is 2.77. The molecular weight excluding hydrogens is 268 g/mol. The molecule has 21 heavy (non-hydrogen) atoms. The van der Waals surface area contributed by atoms with Gasteiger partial charge in [-0.3, -0.25) is 4.79 Å². The Morgan fingerprint density at radius 1 is 1.43 bits per heavy atom. The molecule has 108 valence electrons. The SMILES string of the molecule is CC(NCc1cccnn1)c1ccc2c(c1)NC(=O)CO2. The maximum Gasteiger partial charge on any atom is 0.262 e. The normalized spacial score (nSPS) is 14.8. The van der Waals surface area contributed by atoms with Gasteiger partial charge in [0.25, 0.3) is 5.91 Å². The summed E-state index contributed by atoms with van der Waals surface area (Å²) in [6.07, 6.45) is 1.65. The molecule has 1 aromatic carbocycles. The Morgan fingerprint density at radius 3 is 3.14 bits per heavy atom. The van der Waals surface area contributed by atoms with E-state index in [4.69, 9.17) is 4.74 Å². The molecule has 0 aliphatic carbocycles. The van der Waals surface area contributed by atoms with Crippen LogP contribution in [0.1, 0.15) is 24.2 Å². The van der Waals surface area contributed by atoms with E-state index in [1.807, 2.05) is 30.3 Å². The van der Waals surface area contributed by atoms with Crippen LogP contribution in [0.3, 0.4) is 0 Å². The molecule has 1 aromatic heterocycles. The fraction of sp³-hybridized carbons (Fsp3) is 0.267. The lowest BCUT2D eigenvalue weighted by Crippen LogP contribution is -2.26. The highest BCUT2D eigenvalue weighted by Gasteiger charge is 2.17. The number of nitrogens with one attached hydrogen (secondary N) is 2. The second kappa shape index (κ2) is 5.88. The average Bonchev–Trinajstić information content (AvgIpc) is 2.53. The molecule has 0 bridgehead atoms. The number of nitrogens with zero attached hydrogens (tertiary/aromatic N) is 2. The summed E-state index contributed by atoms with van der Waals surface area (Å²) in [5.41, 5.74) is 2.68. The Labute approximate surface area is 122 Å². The van der Waals surface area contributed by atoms with Crippen LogP contribution in [0.15, 0.2) is 36.5 Å². The third-order valence-corrected chi connectivity index (χ3v) is 3.35. The molecule has 1 amide bonds. The van der Waals surface area contributed by atoms with Gasteiger partial charge in [-0.05, 0) is 36.8 Å². The predicted molar refractivity (Wildman–Crippen MR) is 77.9 cm³/mol. The fourth-order valence-corrected chi connectivity index (χ4v) is 2.17. The zero-order valence-corrected chi connectivity index (χ0v) is 11.7. The maximum absolute atomic E-state index is 11.4. The van der Waals surface area contributed by atoms with Crippen LogP contribution in [0.4, 0.5) is 5.69 Å². The molecule has 0 saturated carbocycles. The maximum atomic E-state index is 11.4. The minimum absolute atomic E-state index is 0.0762. The number of hydrogen-bond donors (Lipinski definition) is 2. The van der Waals surface area contributed by atoms with Gasteiger partial charge in [-0.25, -0.2) is 0 Å². The molecule has 0 fully saturated rings. The molecule has 3 rings (SSSR count). The van der Waals surface area contributed by atoms with Gasteiger partial charge in [-0.2, -0.15) is 10.2 Å². The zero-order chi connectivity index (χ0) is 14.7. The van der Waals surface area contributed by atoms with E-state index >= 15 is 0 Å². The summed E-state index contributed by atoms with van der Waals surface area (Å²) < 4.78 is 5.35. The van der Waals surface area contributed by atoms with E-state index in [1.54, 1.807) is 6.20 Å². The minimum Gasteiger partial charge on any atom is -0.482 e. The number of carbonyl (C=O) groups excluding carboxylic acids is 1. The first-order chi connectivity index (χ1) is 10.2. The molecule has 2 heterocycles. The Hall–Kier alpha value is -2.47.